The standard InChI is InChI=1S/C24H30N6O3/c1-3-18(31)9-5-4-6-10-20(27-22(32)17-14-30(2)15-17)24-29-28-23(33-24)19-13-25-12-16-8-7-11-26-21(16)19/h7-8,11-13,17,20H,3-6,9-10,14-15H2,1-2H3,(H,27,32)/t20-/m0/s1. The lowest BCUT2D eigenvalue weighted by molar-refractivity contribution is -0.130. The highest BCUT2D eigenvalue weighted by molar-refractivity contribution is 5.90. The van der Waals surface area contributed by atoms with E-state index in [1.807, 2.05) is 26.1 Å². The fourth-order valence-corrected chi connectivity index (χ4v) is 4.08. The molecule has 33 heavy (non-hydrogen) atoms. The third-order valence-corrected chi connectivity index (χ3v) is 6.07. The van der Waals surface area contributed by atoms with Crippen LogP contribution in [0.3, 0.4) is 0 Å². The van der Waals surface area contributed by atoms with Gasteiger partial charge >= 0.3 is 0 Å². The zero-order valence-electron chi connectivity index (χ0n) is 19.2. The van der Waals surface area contributed by atoms with Crippen molar-refractivity contribution in [3.8, 4) is 11.5 Å². The highest BCUT2D eigenvalue weighted by atomic mass is 16.4. The van der Waals surface area contributed by atoms with Crippen molar-refractivity contribution < 1.29 is 14.0 Å². The van der Waals surface area contributed by atoms with E-state index in [2.05, 4.69) is 30.4 Å². The molecule has 1 atom stereocenters. The zero-order chi connectivity index (χ0) is 23.2. The van der Waals surface area contributed by atoms with E-state index < -0.39 is 0 Å². The summed E-state index contributed by atoms with van der Waals surface area (Å²) >= 11 is 0. The Bertz CT molecular complexity index is 1100. The van der Waals surface area contributed by atoms with Crippen molar-refractivity contribution in [1.29, 1.82) is 0 Å². The molecule has 1 fully saturated rings. The summed E-state index contributed by atoms with van der Waals surface area (Å²) in [5.74, 6) is 0.982. The maximum absolute atomic E-state index is 12.7. The number of rotatable bonds is 11. The van der Waals surface area contributed by atoms with Crippen molar-refractivity contribution in [2.75, 3.05) is 20.1 Å². The number of likely N-dealkylation sites (tertiary alicyclic amines) is 1. The van der Waals surface area contributed by atoms with Crippen LogP contribution in [0.2, 0.25) is 0 Å². The first-order chi connectivity index (χ1) is 16.0. The molecule has 1 N–H and O–H groups in total. The van der Waals surface area contributed by atoms with Gasteiger partial charge in [-0.1, -0.05) is 19.8 Å². The van der Waals surface area contributed by atoms with E-state index in [-0.39, 0.29) is 23.7 Å². The van der Waals surface area contributed by atoms with Crippen LogP contribution in [0.25, 0.3) is 22.4 Å². The number of carbonyl (C=O) groups excluding carboxylic acids is 2. The van der Waals surface area contributed by atoms with Crippen molar-refractivity contribution in [3.63, 3.8) is 0 Å². The summed E-state index contributed by atoms with van der Waals surface area (Å²) in [7, 11) is 2.00. The van der Waals surface area contributed by atoms with Gasteiger partial charge in [-0.2, -0.15) is 0 Å². The SMILES string of the molecule is CCC(=O)CCCCC[C@H](NC(=O)C1CN(C)C1)c1nnc(-c2cncc3cccnc23)o1. The number of carbonyl (C=O) groups is 2. The van der Waals surface area contributed by atoms with Gasteiger partial charge in [0, 0.05) is 49.9 Å². The van der Waals surface area contributed by atoms with E-state index in [0.717, 1.165) is 43.3 Å². The molecule has 4 rings (SSSR count). The van der Waals surface area contributed by atoms with E-state index >= 15 is 0 Å². The Labute approximate surface area is 193 Å². The topological polar surface area (TPSA) is 114 Å². The van der Waals surface area contributed by atoms with E-state index in [1.54, 1.807) is 18.6 Å². The molecule has 1 aliphatic rings. The normalized spacial score (nSPS) is 15.3. The van der Waals surface area contributed by atoms with Gasteiger partial charge in [-0.25, -0.2) is 0 Å². The summed E-state index contributed by atoms with van der Waals surface area (Å²) in [5.41, 5.74) is 1.40. The van der Waals surface area contributed by atoms with Crippen molar-refractivity contribution in [2.24, 2.45) is 5.92 Å². The second-order valence-electron chi connectivity index (χ2n) is 8.68. The molecule has 3 aromatic heterocycles. The number of pyridine rings is 2. The summed E-state index contributed by atoms with van der Waals surface area (Å²) in [6.45, 7) is 3.39. The van der Waals surface area contributed by atoms with Gasteiger partial charge in [0.25, 0.3) is 5.89 Å². The first kappa shape index (κ1) is 23.0. The number of unbranched alkanes of at least 4 members (excludes halogenated alkanes) is 2. The summed E-state index contributed by atoms with van der Waals surface area (Å²) in [6.07, 6.45) is 9.58. The van der Waals surface area contributed by atoms with Crippen LogP contribution in [0.15, 0.2) is 35.1 Å². The van der Waals surface area contributed by atoms with E-state index in [1.165, 1.54) is 0 Å². The van der Waals surface area contributed by atoms with Crippen LogP contribution in [0.1, 0.15) is 57.4 Å². The lowest BCUT2D eigenvalue weighted by Gasteiger charge is -2.35. The summed E-state index contributed by atoms with van der Waals surface area (Å²) in [5, 5.41) is 12.5. The number of Topliss-reactive ketones (excluding diaryl/α,β-unsaturated/α-hetero) is 1. The van der Waals surface area contributed by atoms with E-state index in [4.69, 9.17) is 4.42 Å². The molecular formula is C24H30N6O3. The van der Waals surface area contributed by atoms with Crippen molar-refractivity contribution in [1.82, 2.24) is 30.4 Å². The Balaban J connectivity index is 1.48. The molecule has 1 saturated heterocycles. The molecule has 9 nitrogen and oxygen atoms in total. The number of ketones is 1. The van der Waals surface area contributed by atoms with Gasteiger partial charge in [0.05, 0.1) is 17.0 Å². The fourth-order valence-electron chi connectivity index (χ4n) is 4.08. The second-order valence-corrected chi connectivity index (χ2v) is 8.68. The summed E-state index contributed by atoms with van der Waals surface area (Å²) < 4.78 is 6.02. The predicted octanol–water partition coefficient (Wildman–Crippen LogP) is 3.33. The van der Waals surface area contributed by atoms with Crippen LogP contribution in [-0.2, 0) is 9.59 Å². The van der Waals surface area contributed by atoms with Crippen LogP contribution >= 0.6 is 0 Å². The molecule has 3 aromatic rings. The second kappa shape index (κ2) is 10.6. The van der Waals surface area contributed by atoms with Gasteiger partial charge in [-0.3, -0.25) is 19.6 Å². The third kappa shape index (κ3) is 5.60. The molecule has 9 heteroatoms. The van der Waals surface area contributed by atoms with Gasteiger partial charge in [-0.05, 0) is 32.0 Å². The first-order valence-electron chi connectivity index (χ1n) is 11.6. The molecule has 4 heterocycles. The average Bonchev–Trinajstić information content (AvgIpc) is 3.30. The average molecular weight is 451 g/mol. The molecule has 0 aliphatic carbocycles. The molecule has 1 aliphatic heterocycles. The first-order valence-corrected chi connectivity index (χ1v) is 11.6. The number of nitrogens with zero attached hydrogens (tertiary/aromatic N) is 5. The van der Waals surface area contributed by atoms with E-state index in [9.17, 15) is 9.59 Å². The molecule has 1 amide bonds. The highest BCUT2D eigenvalue weighted by Gasteiger charge is 2.32. The van der Waals surface area contributed by atoms with Crippen molar-refractivity contribution in [2.45, 2.75) is 51.5 Å². The Kier molecular flexibility index (Phi) is 7.39. The highest BCUT2D eigenvalue weighted by Crippen LogP contribution is 2.28. The van der Waals surface area contributed by atoms with Gasteiger partial charge in [0.15, 0.2) is 0 Å². The Morgan fingerprint density at radius 1 is 1.21 bits per heavy atom. The maximum atomic E-state index is 12.7. The van der Waals surface area contributed by atoms with Crippen LogP contribution in [-0.4, -0.2) is 56.9 Å². The number of aromatic nitrogens is 4. The van der Waals surface area contributed by atoms with Gasteiger partial charge < -0.3 is 14.6 Å². The number of nitrogens with one attached hydrogen (secondary N) is 1. The lowest BCUT2D eigenvalue weighted by atomic mass is 9.99. The van der Waals surface area contributed by atoms with Crippen LogP contribution < -0.4 is 5.32 Å². The van der Waals surface area contributed by atoms with Crippen LogP contribution in [0.4, 0.5) is 0 Å². The molecule has 0 aromatic carbocycles. The maximum Gasteiger partial charge on any atom is 0.251 e. The van der Waals surface area contributed by atoms with Crippen LogP contribution in [0, 0.1) is 5.92 Å². The minimum atomic E-state index is -0.373. The monoisotopic (exact) mass is 450 g/mol. The predicted molar refractivity (Wildman–Crippen MR) is 123 cm³/mol. The number of amides is 1. The molecule has 174 valence electrons. The smallest absolute Gasteiger partial charge is 0.251 e. The minimum Gasteiger partial charge on any atom is -0.418 e. The Hall–Kier alpha value is -3.20. The molecule has 0 bridgehead atoms. The quantitative estimate of drug-likeness (QED) is 0.443. The molecule has 0 spiro atoms. The molecule has 0 unspecified atom stereocenters. The van der Waals surface area contributed by atoms with E-state index in [0.29, 0.717) is 36.6 Å². The minimum absolute atomic E-state index is 0.00695. The number of hydrogen-bond donors (Lipinski definition) is 1. The van der Waals surface area contributed by atoms with Gasteiger partial charge in [0.2, 0.25) is 11.8 Å². The fraction of sp³-hybridized carbons (Fsp3) is 0.500. The number of hydrogen-bond acceptors (Lipinski definition) is 8. The third-order valence-electron chi connectivity index (χ3n) is 6.07. The summed E-state index contributed by atoms with van der Waals surface area (Å²) in [4.78, 5) is 35.1. The zero-order valence-corrected chi connectivity index (χ0v) is 19.2. The Morgan fingerprint density at radius 2 is 2.06 bits per heavy atom. The molecular weight excluding hydrogens is 420 g/mol. The Morgan fingerprint density at radius 3 is 2.85 bits per heavy atom. The van der Waals surface area contributed by atoms with Crippen LogP contribution in [0.5, 0.6) is 0 Å². The van der Waals surface area contributed by atoms with Gasteiger partial charge in [0.1, 0.15) is 11.8 Å². The number of fused-ring (bicyclic) bond motifs is 1. The molecule has 0 radical (unpaired) electrons. The molecule has 0 saturated carbocycles. The van der Waals surface area contributed by atoms with Crippen molar-refractivity contribution >= 4 is 22.6 Å². The lowest BCUT2D eigenvalue weighted by Crippen LogP contribution is -2.52. The van der Waals surface area contributed by atoms with Gasteiger partial charge in [-0.15, -0.1) is 10.2 Å². The van der Waals surface area contributed by atoms with Crippen molar-refractivity contribution in [3.05, 3.63) is 36.6 Å². The largest absolute Gasteiger partial charge is 0.418 e. The summed E-state index contributed by atoms with van der Waals surface area (Å²) in [6, 6.07) is 3.41.